The lowest BCUT2D eigenvalue weighted by molar-refractivity contribution is -0.153. The molecule has 3 heterocycles. The molecule has 0 unspecified atom stereocenters. The number of hydrogen-bond donors (Lipinski definition) is 2. The first-order chi connectivity index (χ1) is 18.2. The van der Waals surface area contributed by atoms with Crippen molar-refractivity contribution in [2.75, 3.05) is 11.9 Å². The molecule has 2 aromatic heterocycles. The van der Waals surface area contributed by atoms with Crippen LogP contribution in [0.2, 0.25) is 0 Å². The van der Waals surface area contributed by atoms with Crippen molar-refractivity contribution in [2.45, 2.75) is 64.2 Å². The number of rotatable bonds is 10. The highest BCUT2D eigenvalue weighted by molar-refractivity contribution is 6.09. The zero-order valence-corrected chi connectivity index (χ0v) is 20.8. The van der Waals surface area contributed by atoms with Crippen molar-refractivity contribution < 1.29 is 32.0 Å². The Kier molecular flexibility index (Phi) is 7.13. The molecule has 1 saturated carbocycles. The number of carbonyl (C=O) groups is 2. The third-order valence-corrected chi connectivity index (χ3v) is 6.78. The van der Waals surface area contributed by atoms with Crippen LogP contribution in [0.15, 0.2) is 35.0 Å². The number of carbonyl (C=O) groups excluding carboxylic acids is 2. The van der Waals surface area contributed by atoms with Gasteiger partial charge in [0.05, 0.1) is 11.9 Å². The van der Waals surface area contributed by atoms with Crippen LogP contribution in [0.25, 0.3) is 0 Å². The van der Waals surface area contributed by atoms with Crippen LogP contribution < -0.4 is 15.4 Å². The summed E-state index contributed by atoms with van der Waals surface area (Å²) in [6.07, 6.45) is 1.74. The summed E-state index contributed by atoms with van der Waals surface area (Å²) >= 11 is 0. The van der Waals surface area contributed by atoms with Gasteiger partial charge in [-0.1, -0.05) is 30.1 Å². The quantitative estimate of drug-likeness (QED) is 0.400. The van der Waals surface area contributed by atoms with Crippen molar-refractivity contribution >= 4 is 17.6 Å². The molecule has 38 heavy (non-hydrogen) atoms. The minimum Gasteiger partial charge on any atom is -0.484 e. The second-order valence-corrected chi connectivity index (χ2v) is 9.84. The highest BCUT2D eigenvalue weighted by Crippen LogP contribution is 2.34. The van der Waals surface area contributed by atoms with Gasteiger partial charge in [0, 0.05) is 19.0 Å². The van der Waals surface area contributed by atoms with Gasteiger partial charge in [0.15, 0.2) is 6.61 Å². The van der Waals surface area contributed by atoms with Crippen LogP contribution in [0.3, 0.4) is 0 Å². The fraction of sp³-hybridized carbons (Fsp3) is 0.462. The highest BCUT2D eigenvalue weighted by Gasteiger charge is 2.33. The number of fused-ring (bicyclic) bond motifs is 1. The van der Waals surface area contributed by atoms with Gasteiger partial charge in [0.25, 0.3) is 11.8 Å². The largest absolute Gasteiger partial charge is 0.484 e. The number of halogens is 3. The third-order valence-electron chi connectivity index (χ3n) is 6.78. The average Bonchev–Trinajstić information content (AvgIpc) is 3.50. The molecule has 9 nitrogen and oxygen atoms in total. The number of amides is 2. The topological polar surface area (TPSA) is 111 Å². The molecule has 2 N–H and O–H groups in total. The van der Waals surface area contributed by atoms with Crippen LogP contribution in [0.4, 0.5) is 19.0 Å². The zero-order chi connectivity index (χ0) is 26.9. The minimum absolute atomic E-state index is 0.146. The van der Waals surface area contributed by atoms with Crippen molar-refractivity contribution in [1.29, 1.82) is 0 Å². The van der Waals surface area contributed by atoms with Gasteiger partial charge in [-0.05, 0) is 49.8 Å². The van der Waals surface area contributed by atoms with E-state index in [4.69, 9.17) is 14.4 Å². The van der Waals surface area contributed by atoms with E-state index in [-0.39, 0.29) is 23.3 Å². The molecule has 2 amide bonds. The SMILES string of the molecule is Cc1oncc1C(=O)Nc1c2c(nn1CCC1CC1)C[C@H](CCc1cccc(OCC(F)(F)F)c1)NC2=O. The summed E-state index contributed by atoms with van der Waals surface area (Å²) in [4.78, 5) is 26.1. The number of alkyl halides is 3. The first-order valence-corrected chi connectivity index (χ1v) is 12.6. The lowest BCUT2D eigenvalue weighted by Gasteiger charge is -2.23. The lowest BCUT2D eigenvalue weighted by atomic mass is 9.96. The number of aryl methyl sites for hydroxylation is 3. The van der Waals surface area contributed by atoms with Crippen LogP contribution in [-0.4, -0.2) is 45.6 Å². The number of aromatic nitrogens is 3. The van der Waals surface area contributed by atoms with E-state index in [0.29, 0.717) is 54.6 Å². The second kappa shape index (κ2) is 10.5. The van der Waals surface area contributed by atoms with Crippen molar-refractivity contribution in [2.24, 2.45) is 5.92 Å². The van der Waals surface area contributed by atoms with Gasteiger partial charge in [-0.15, -0.1) is 0 Å². The smallest absolute Gasteiger partial charge is 0.422 e. The molecule has 3 aromatic rings. The van der Waals surface area contributed by atoms with Crippen molar-refractivity contribution in [1.82, 2.24) is 20.3 Å². The van der Waals surface area contributed by atoms with Crippen molar-refractivity contribution in [3.63, 3.8) is 0 Å². The maximum atomic E-state index is 13.2. The van der Waals surface area contributed by atoms with E-state index in [2.05, 4.69) is 15.8 Å². The standard InChI is InChI=1S/C26H28F3N5O4/c1-15-20(13-30-38-15)24(35)32-23-22-21(33-34(23)10-9-16-5-6-16)12-18(31-25(22)36)8-7-17-3-2-4-19(11-17)37-14-26(27,28)29/h2-4,11,13,16,18H,5-10,12,14H2,1H3,(H,31,36)(H,32,35)/t18-/m0/s1. The first-order valence-electron chi connectivity index (χ1n) is 12.6. The molecular weight excluding hydrogens is 503 g/mol. The Morgan fingerprint density at radius 2 is 2.11 bits per heavy atom. The fourth-order valence-electron chi connectivity index (χ4n) is 4.60. The summed E-state index contributed by atoms with van der Waals surface area (Å²) in [5.74, 6) is 0.759. The Hall–Kier alpha value is -3.83. The number of nitrogens with zero attached hydrogens (tertiary/aromatic N) is 3. The molecule has 5 rings (SSSR count). The van der Waals surface area contributed by atoms with E-state index in [0.717, 1.165) is 12.0 Å². The highest BCUT2D eigenvalue weighted by atomic mass is 19.4. The minimum atomic E-state index is -4.41. The molecule has 1 aliphatic heterocycles. The molecule has 0 spiro atoms. The Balaban J connectivity index is 1.29. The summed E-state index contributed by atoms with van der Waals surface area (Å²) in [6.45, 7) is 0.868. The normalized spacial score (nSPS) is 17.2. The molecule has 1 aliphatic carbocycles. The van der Waals surface area contributed by atoms with Crippen molar-refractivity contribution in [3.05, 3.63) is 58.6 Å². The molecular formula is C26H28F3N5O4. The molecule has 0 radical (unpaired) electrons. The van der Waals surface area contributed by atoms with Gasteiger partial charge in [-0.25, -0.2) is 4.68 Å². The average molecular weight is 532 g/mol. The molecule has 202 valence electrons. The van der Waals surface area contributed by atoms with Crippen LogP contribution in [0.5, 0.6) is 5.75 Å². The monoisotopic (exact) mass is 531 g/mol. The molecule has 0 bridgehead atoms. The van der Waals surface area contributed by atoms with Crippen LogP contribution in [-0.2, 0) is 19.4 Å². The van der Waals surface area contributed by atoms with E-state index in [9.17, 15) is 22.8 Å². The Morgan fingerprint density at radius 1 is 1.29 bits per heavy atom. The molecule has 12 heteroatoms. The summed E-state index contributed by atoms with van der Waals surface area (Å²) in [7, 11) is 0. The maximum absolute atomic E-state index is 13.2. The molecule has 1 fully saturated rings. The number of ether oxygens (including phenoxy) is 1. The molecule has 1 aromatic carbocycles. The van der Waals surface area contributed by atoms with E-state index in [1.54, 1.807) is 23.7 Å². The summed E-state index contributed by atoms with van der Waals surface area (Å²) in [5.41, 5.74) is 2.04. The number of hydrogen-bond acceptors (Lipinski definition) is 6. The second-order valence-electron chi connectivity index (χ2n) is 9.84. The Bertz CT molecular complexity index is 1330. The Morgan fingerprint density at radius 3 is 2.82 bits per heavy atom. The summed E-state index contributed by atoms with van der Waals surface area (Å²) in [6, 6.07) is 6.30. The molecule has 0 saturated heterocycles. The fourth-order valence-corrected chi connectivity index (χ4v) is 4.60. The zero-order valence-electron chi connectivity index (χ0n) is 20.8. The molecule has 1 atom stereocenters. The van der Waals surface area contributed by atoms with Gasteiger partial charge in [-0.2, -0.15) is 18.3 Å². The maximum Gasteiger partial charge on any atom is 0.422 e. The number of nitrogens with one attached hydrogen (secondary N) is 2. The van der Waals surface area contributed by atoms with Gasteiger partial charge < -0.3 is 19.9 Å². The van der Waals surface area contributed by atoms with E-state index in [1.807, 2.05) is 6.07 Å². The van der Waals surface area contributed by atoms with Crippen LogP contribution in [0.1, 0.15) is 63.4 Å². The predicted molar refractivity (Wildman–Crippen MR) is 130 cm³/mol. The number of benzene rings is 1. The van der Waals surface area contributed by atoms with Gasteiger partial charge in [0.2, 0.25) is 0 Å². The summed E-state index contributed by atoms with van der Waals surface area (Å²) in [5, 5.41) is 14.2. The van der Waals surface area contributed by atoms with Crippen LogP contribution in [0, 0.1) is 12.8 Å². The van der Waals surface area contributed by atoms with Crippen LogP contribution >= 0.6 is 0 Å². The molecule has 2 aliphatic rings. The van der Waals surface area contributed by atoms with E-state index < -0.39 is 18.7 Å². The van der Waals surface area contributed by atoms with E-state index >= 15 is 0 Å². The summed E-state index contributed by atoms with van der Waals surface area (Å²) < 4.78 is 48.9. The lowest BCUT2D eigenvalue weighted by Crippen LogP contribution is -2.41. The van der Waals surface area contributed by atoms with Gasteiger partial charge in [-0.3, -0.25) is 9.59 Å². The van der Waals surface area contributed by atoms with Crippen molar-refractivity contribution in [3.8, 4) is 5.75 Å². The van der Waals surface area contributed by atoms with Gasteiger partial charge >= 0.3 is 6.18 Å². The number of anilines is 1. The van der Waals surface area contributed by atoms with Gasteiger partial charge in [0.1, 0.15) is 28.5 Å². The predicted octanol–water partition coefficient (Wildman–Crippen LogP) is 4.46. The third kappa shape index (κ3) is 6.17. The Labute approximate surface area is 216 Å². The first kappa shape index (κ1) is 25.8. The van der Waals surface area contributed by atoms with E-state index in [1.165, 1.54) is 25.1 Å².